The zero-order valence-electron chi connectivity index (χ0n) is 13.3. The zero-order chi connectivity index (χ0) is 16.2. The number of β-amino-alcohol motifs (C(OH)–C–C–N with tert-alkyl or cyclic N) is 1. The van der Waals surface area contributed by atoms with Crippen molar-refractivity contribution in [2.24, 2.45) is 0 Å². The summed E-state index contributed by atoms with van der Waals surface area (Å²) in [5.41, 5.74) is 1.17. The molecule has 1 amide bonds. The number of aliphatic hydroxyl groups is 1. The number of hydrogen-bond acceptors (Lipinski definition) is 4. The summed E-state index contributed by atoms with van der Waals surface area (Å²) in [4.78, 5) is 18.6. The van der Waals surface area contributed by atoms with Crippen LogP contribution >= 0.6 is 11.6 Å². The fraction of sp³-hybridized carbons (Fsp3) is 0.588. The number of piperazine rings is 1. The molecule has 0 spiro atoms. The minimum Gasteiger partial charge on any atom is -0.391 e. The predicted octanol–water partition coefficient (Wildman–Crippen LogP) is 1.45. The van der Waals surface area contributed by atoms with E-state index in [1.807, 2.05) is 18.2 Å². The lowest BCUT2D eigenvalue weighted by Gasteiger charge is -2.36. The molecule has 2 aliphatic heterocycles. The highest BCUT2D eigenvalue weighted by molar-refractivity contribution is 6.30. The van der Waals surface area contributed by atoms with E-state index in [-0.39, 0.29) is 12.0 Å². The number of aliphatic hydroxyl groups excluding tert-OH is 1. The van der Waals surface area contributed by atoms with Gasteiger partial charge in [-0.25, -0.2) is 0 Å². The van der Waals surface area contributed by atoms with Crippen molar-refractivity contribution in [3.63, 3.8) is 0 Å². The molecule has 23 heavy (non-hydrogen) atoms. The highest BCUT2D eigenvalue weighted by atomic mass is 35.5. The van der Waals surface area contributed by atoms with Gasteiger partial charge in [0.25, 0.3) is 0 Å². The molecule has 1 N–H and O–H groups in total. The number of benzene rings is 1. The number of halogens is 1. The van der Waals surface area contributed by atoms with E-state index in [0.717, 1.165) is 37.7 Å². The molecule has 1 aromatic carbocycles. The number of carbonyl (C=O) groups excluding carboxylic acids is 1. The monoisotopic (exact) mass is 337 g/mol. The molecule has 0 radical (unpaired) electrons. The molecule has 0 saturated carbocycles. The Hall–Kier alpha value is -1.30. The second-order valence-corrected chi connectivity index (χ2v) is 6.78. The summed E-state index contributed by atoms with van der Waals surface area (Å²) in [6.07, 6.45) is 0.925. The first-order valence-electron chi connectivity index (χ1n) is 8.30. The van der Waals surface area contributed by atoms with Crippen molar-refractivity contribution < 1.29 is 9.90 Å². The van der Waals surface area contributed by atoms with Gasteiger partial charge < -0.3 is 14.9 Å². The van der Waals surface area contributed by atoms with E-state index in [4.69, 9.17) is 11.6 Å². The lowest BCUT2D eigenvalue weighted by molar-refractivity contribution is -0.130. The van der Waals surface area contributed by atoms with Crippen molar-refractivity contribution in [1.29, 1.82) is 0 Å². The molecule has 0 aromatic heterocycles. The largest absolute Gasteiger partial charge is 0.391 e. The Labute approximate surface area is 142 Å². The summed E-state index contributed by atoms with van der Waals surface area (Å²) >= 11 is 6.05. The van der Waals surface area contributed by atoms with E-state index in [1.165, 1.54) is 5.69 Å². The summed E-state index contributed by atoms with van der Waals surface area (Å²) in [7, 11) is 0. The average molecular weight is 338 g/mol. The van der Waals surface area contributed by atoms with Crippen LogP contribution in [0.25, 0.3) is 0 Å². The predicted molar refractivity (Wildman–Crippen MR) is 91.9 cm³/mol. The van der Waals surface area contributed by atoms with E-state index in [0.29, 0.717) is 25.9 Å². The lowest BCUT2D eigenvalue weighted by atomic mass is 10.2. The van der Waals surface area contributed by atoms with Gasteiger partial charge in [0.1, 0.15) is 0 Å². The van der Waals surface area contributed by atoms with Crippen LogP contribution in [0.4, 0.5) is 5.69 Å². The first-order valence-corrected chi connectivity index (χ1v) is 8.68. The standard InChI is InChI=1S/C17H24ClN3O2/c18-14-2-1-3-15(12-14)20-10-8-19(9-11-20)6-5-17(23)21-7-4-16(22)13-21/h1-3,12,16,22H,4-11,13H2/t16-/m0/s1. The number of rotatable bonds is 4. The number of nitrogens with zero attached hydrogens (tertiary/aromatic N) is 3. The molecule has 6 heteroatoms. The molecular weight excluding hydrogens is 314 g/mol. The van der Waals surface area contributed by atoms with Gasteiger partial charge in [-0.2, -0.15) is 0 Å². The first-order chi connectivity index (χ1) is 11.1. The highest BCUT2D eigenvalue weighted by Crippen LogP contribution is 2.21. The van der Waals surface area contributed by atoms with Gasteiger partial charge in [0.05, 0.1) is 6.10 Å². The van der Waals surface area contributed by atoms with E-state index in [1.54, 1.807) is 4.90 Å². The highest BCUT2D eigenvalue weighted by Gasteiger charge is 2.25. The van der Waals surface area contributed by atoms with Crippen LogP contribution in [0.1, 0.15) is 12.8 Å². The molecule has 5 nitrogen and oxygen atoms in total. The molecule has 0 unspecified atom stereocenters. The molecule has 1 atom stereocenters. The van der Waals surface area contributed by atoms with Gasteiger partial charge in [0.15, 0.2) is 0 Å². The zero-order valence-corrected chi connectivity index (χ0v) is 14.1. The van der Waals surface area contributed by atoms with Gasteiger partial charge in [-0.05, 0) is 24.6 Å². The maximum absolute atomic E-state index is 12.1. The van der Waals surface area contributed by atoms with E-state index in [2.05, 4.69) is 15.9 Å². The Bertz CT molecular complexity index is 546. The Morgan fingerprint density at radius 3 is 2.65 bits per heavy atom. The van der Waals surface area contributed by atoms with Crippen molar-refractivity contribution in [3.05, 3.63) is 29.3 Å². The van der Waals surface area contributed by atoms with Crippen LogP contribution in [0.3, 0.4) is 0 Å². The second-order valence-electron chi connectivity index (χ2n) is 6.34. The molecule has 0 bridgehead atoms. The van der Waals surface area contributed by atoms with Gasteiger partial charge in [-0.15, -0.1) is 0 Å². The Balaban J connectivity index is 1.42. The van der Waals surface area contributed by atoms with Crippen molar-refractivity contribution in [1.82, 2.24) is 9.80 Å². The Kier molecular flexibility index (Phi) is 5.41. The molecule has 1 aromatic rings. The van der Waals surface area contributed by atoms with Crippen molar-refractivity contribution in [2.75, 3.05) is 50.7 Å². The summed E-state index contributed by atoms with van der Waals surface area (Å²) in [5, 5.41) is 10.3. The lowest BCUT2D eigenvalue weighted by Crippen LogP contribution is -2.47. The summed E-state index contributed by atoms with van der Waals surface area (Å²) in [6.45, 7) is 5.83. The Morgan fingerprint density at radius 1 is 1.22 bits per heavy atom. The molecule has 3 rings (SSSR count). The van der Waals surface area contributed by atoms with Crippen LogP contribution in [-0.2, 0) is 4.79 Å². The third-order valence-electron chi connectivity index (χ3n) is 4.70. The van der Waals surface area contributed by atoms with E-state index >= 15 is 0 Å². The maximum Gasteiger partial charge on any atom is 0.223 e. The minimum absolute atomic E-state index is 0.166. The van der Waals surface area contributed by atoms with Crippen molar-refractivity contribution in [2.45, 2.75) is 18.9 Å². The fourth-order valence-electron chi connectivity index (χ4n) is 3.28. The maximum atomic E-state index is 12.1. The van der Waals surface area contributed by atoms with Gasteiger partial charge in [-0.3, -0.25) is 9.69 Å². The number of anilines is 1. The molecule has 2 fully saturated rings. The van der Waals surface area contributed by atoms with Crippen LogP contribution in [0.15, 0.2) is 24.3 Å². The summed E-state index contributed by atoms with van der Waals surface area (Å²) < 4.78 is 0. The van der Waals surface area contributed by atoms with Gasteiger partial charge in [-0.1, -0.05) is 17.7 Å². The Morgan fingerprint density at radius 2 is 2.00 bits per heavy atom. The van der Waals surface area contributed by atoms with Crippen LogP contribution < -0.4 is 4.90 Å². The SMILES string of the molecule is O=C(CCN1CCN(c2cccc(Cl)c2)CC1)N1CC[C@H](O)C1. The summed E-state index contributed by atoms with van der Waals surface area (Å²) in [5.74, 6) is 0.166. The normalized spacial score (nSPS) is 22.6. The third kappa shape index (κ3) is 4.37. The smallest absolute Gasteiger partial charge is 0.223 e. The number of amides is 1. The number of carbonyl (C=O) groups is 1. The number of likely N-dealkylation sites (tertiary alicyclic amines) is 1. The van der Waals surface area contributed by atoms with Crippen molar-refractivity contribution >= 4 is 23.2 Å². The topological polar surface area (TPSA) is 47.0 Å². The fourth-order valence-corrected chi connectivity index (χ4v) is 3.47. The van der Waals surface area contributed by atoms with E-state index < -0.39 is 0 Å². The number of hydrogen-bond donors (Lipinski definition) is 1. The first kappa shape index (κ1) is 16.6. The molecule has 2 heterocycles. The minimum atomic E-state index is -0.333. The second kappa shape index (κ2) is 7.51. The molecule has 126 valence electrons. The molecule has 0 aliphatic carbocycles. The van der Waals surface area contributed by atoms with Crippen LogP contribution in [0.2, 0.25) is 5.02 Å². The molecular formula is C17H24ClN3O2. The van der Waals surface area contributed by atoms with Crippen LogP contribution in [-0.4, -0.2) is 72.7 Å². The summed E-state index contributed by atoms with van der Waals surface area (Å²) in [6, 6.07) is 7.96. The third-order valence-corrected chi connectivity index (χ3v) is 4.94. The molecule has 2 saturated heterocycles. The van der Waals surface area contributed by atoms with Crippen molar-refractivity contribution in [3.8, 4) is 0 Å². The van der Waals surface area contributed by atoms with E-state index in [9.17, 15) is 9.90 Å². The van der Waals surface area contributed by atoms with Crippen LogP contribution in [0.5, 0.6) is 0 Å². The molecule has 2 aliphatic rings. The quantitative estimate of drug-likeness (QED) is 0.903. The average Bonchev–Trinajstić information content (AvgIpc) is 3.00. The van der Waals surface area contributed by atoms with Gasteiger partial charge in [0.2, 0.25) is 5.91 Å². The van der Waals surface area contributed by atoms with Gasteiger partial charge in [0, 0.05) is 62.9 Å². The van der Waals surface area contributed by atoms with Crippen LogP contribution in [0, 0.1) is 0 Å². The van der Waals surface area contributed by atoms with Gasteiger partial charge >= 0.3 is 0 Å².